The van der Waals surface area contributed by atoms with E-state index in [0.717, 1.165) is 23.9 Å². The van der Waals surface area contributed by atoms with Gasteiger partial charge in [0.15, 0.2) is 0 Å². The molecule has 15 heavy (non-hydrogen) atoms. The van der Waals surface area contributed by atoms with Gasteiger partial charge in [-0.1, -0.05) is 13.3 Å². The molecule has 2 rings (SSSR count). The standard InChI is InChI=1S/C12H14N2O/c1-3-4-9-7-8-13-10-5-6-11(15-2)14-12(9)10/h5-8H,3-4H2,1-2H3. The van der Waals surface area contributed by atoms with Crippen molar-refractivity contribution >= 4 is 11.0 Å². The van der Waals surface area contributed by atoms with Crippen LogP contribution in [0.15, 0.2) is 24.4 Å². The van der Waals surface area contributed by atoms with E-state index in [2.05, 4.69) is 16.9 Å². The van der Waals surface area contributed by atoms with E-state index in [4.69, 9.17) is 4.74 Å². The van der Waals surface area contributed by atoms with Gasteiger partial charge in [0.25, 0.3) is 0 Å². The Morgan fingerprint density at radius 3 is 2.87 bits per heavy atom. The van der Waals surface area contributed by atoms with Crippen molar-refractivity contribution in [2.75, 3.05) is 7.11 Å². The molecule has 0 fully saturated rings. The molecule has 0 spiro atoms. The predicted molar refractivity (Wildman–Crippen MR) is 60.1 cm³/mol. The number of rotatable bonds is 3. The van der Waals surface area contributed by atoms with Gasteiger partial charge in [0.2, 0.25) is 5.88 Å². The van der Waals surface area contributed by atoms with Crippen LogP contribution in [0.4, 0.5) is 0 Å². The van der Waals surface area contributed by atoms with Crippen molar-refractivity contribution in [2.45, 2.75) is 19.8 Å². The van der Waals surface area contributed by atoms with Crippen LogP contribution < -0.4 is 4.74 Å². The summed E-state index contributed by atoms with van der Waals surface area (Å²) < 4.78 is 5.12. The lowest BCUT2D eigenvalue weighted by Gasteiger charge is -2.05. The molecule has 0 atom stereocenters. The molecule has 0 aromatic carbocycles. The van der Waals surface area contributed by atoms with Crippen LogP contribution in [0.1, 0.15) is 18.9 Å². The summed E-state index contributed by atoms with van der Waals surface area (Å²) in [5.41, 5.74) is 3.13. The number of aromatic nitrogens is 2. The van der Waals surface area contributed by atoms with Crippen LogP contribution in [-0.2, 0) is 6.42 Å². The van der Waals surface area contributed by atoms with E-state index in [1.165, 1.54) is 5.56 Å². The maximum atomic E-state index is 5.12. The Bertz CT molecular complexity index is 468. The molecule has 0 saturated carbocycles. The van der Waals surface area contributed by atoms with Crippen LogP contribution in [0.3, 0.4) is 0 Å². The second-order valence-electron chi connectivity index (χ2n) is 3.44. The SMILES string of the molecule is CCCc1ccnc2ccc(OC)nc12. The van der Waals surface area contributed by atoms with E-state index in [0.29, 0.717) is 5.88 Å². The van der Waals surface area contributed by atoms with Crippen LogP contribution in [-0.4, -0.2) is 17.1 Å². The molecule has 78 valence electrons. The van der Waals surface area contributed by atoms with Crippen LogP contribution in [0.5, 0.6) is 5.88 Å². The van der Waals surface area contributed by atoms with E-state index in [-0.39, 0.29) is 0 Å². The van der Waals surface area contributed by atoms with Crippen LogP contribution in [0.2, 0.25) is 0 Å². The van der Waals surface area contributed by atoms with E-state index < -0.39 is 0 Å². The smallest absolute Gasteiger partial charge is 0.213 e. The molecule has 3 heteroatoms. The van der Waals surface area contributed by atoms with Crippen molar-refractivity contribution in [2.24, 2.45) is 0 Å². The molecule has 0 unspecified atom stereocenters. The fourth-order valence-corrected chi connectivity index (χ4v) is 1.65. The minimum atomic E-state index is 0.646. The van der Waals surface area contributed by atoms with Crippen molar-refractivity contribution in [3.05, 3.63) is 30.0 Å². The van der Waals surface area contributed by atoms with Crippen molar-refractivity contribution in [1.29, 1.82) is 0 Å². The first-order valence-corrected chi connectivity index (χ1v) is 5.13. The fraction of sp³-hybridized carbons (Fsp3) is 0.333. The Labute approximate surface area is 89.1 Å². The highest BCUT2D eigenvalue weighted by Gasteiger charge is 2.04. The molecular weight excluding hydrogens is 188 g/mol. The molecule has 2 aromatic heterocycles. The average molecular weight is 202 g/mol. The molecule has 2 heterocycles. The van der Waals surface area contributed by atoms with Crippen LogP contribution >= 0.6 is 0 Å². The summed E-state index contributed by atoms with van der Waals surface area (Å²) >= 11 is 0. The number of fused-ring (bicyclic) bond motifs is 1. The first-order chi connectivity index (χ1) is 7.35. The zero-order valence-electron chi connectivity index (χ0n) is 9.03. The molecule has 0 bridgehead atoms. The van der Waals surface area contributed by atoms with Crippen molar-refractivity contribution in [1.82, 2.24) is 9.97 Å². The van der Waals surface area contributed by atoms with Crippen LogP contribution in [0, 0.1) is 0 Å². The van der Waals surface area contributed by atoms with Gasteiger partial charge in [-0.25, -0.2) is 4.98 Å². The zero-order valence-corrected chi connectivity index (χ0v) is 9.03. The lowest BCUT2D eigenvalue weighted by atomic mass is 10.1. The third kappa shape index (κ3) is 1.91. The van der Waals surface area contributed by atoms with E-state index in [9.17, 15) is 0 Å². The zero-order chi connectivity index (χ0) is 10.7. The van der Waals surface area contributed by atoms with E-state index in [1.807, 2.05) is 24.4 Å². The van der Waals surface area contributed by atoms with Gasteiger partial charge in [-0.05, 0) is 24.1 Å². The Balaban J connectivity index is 2.59. The lowest BCUT2D eigenvalue weighted by molar-refractivity contribution is 0.399. The summed E-state index contributed by atoms with van der Waals surface area (Å²) in [4.78, 5) is 8.71. The molecule has 0 amide bonds. The van der Waals surface area contributed by atoms with Gasteiger partial charge in [-0.3, -0.25) is 4.98 Å². The lowest BCUT2D eigenvalue weighted by Crippen LogP contribution is -1.93. The number of pyridine rings is 2. The second-order valence-corrected chi connectivity index (χ2v) is 3.44. The highest BCUT2D eigenvalue weighted by molar-refractivity contribution is 5.78. The third-order valence-electron chi connectivity index (χ3n) is 2.37. The van der Waals surface area contributed by atoms with Crippen molar-refractivity contribution < 1.29 is 4.74 Å². The minimum absolute atomic E-state index is 0.646. The normalized spacial score (nSPS) is 10.5. The van der Waals surface area contributed by atoms with Crippen molar-refractivity contribution in [3.8, 4) is 5.88 Å². The van der Waals surface area contributed by atoms with Gasteiger partial charge in [0.05, 0.1) is 18.1 Å². The molecule has 3 nitrogen and oxygen atoms in total. The number of hydrogen-bond acceptors (Lipinski definition) is 3. The molecule has 0 N–H and O–H groups in total. The van der Waals surface area contributed by atoms with E-state index >= 15 is 0 Å². The first-order valence-electron chi connectivity index (χ1n) is 5.13. The number of nitrogens with zero attached hydrogens (tertiary/aromatic N) is 2. The first kappa shape index (κ1) is 9.90. The second kappa shape index (κ2) is 4.26. The van der Waals surface area contributed by atoms with Crippen LogP contribution in [0.25, 0.3) is 11.0 Å². The summed E-state index contributed by atoms with van der Waals surface area (Å²) in [6, 6.07) is 5.81. The Kier molecular flexibility index (Phi) is 2.81. The summed E-state index contributed by atoms with van der Waals surface area (Å²) in [5.74, 6) is 0.646. The highest BCUT2D eigenvalue weighted by atomic mass is 16.5. The minimum Gasteiger partial charge on any atom is -0.481 e. The van der Waals surface area contributed by atoms with Gasteiger partial charge in [0, 0.05) is 12.3 Å². The Morgan fingerprint density at radius 1 is 1.27 bits per heavy atom. The summed E-state index contributed by atoms with van der Waals surface area (Å²) in [5, 5.41) is 0. The average Bonchev–Trinajstić information content (AvgIpc) is 2.29. The molecule has 0 saturated heterocycles. The molecule has 0 radical (unpaired) electrons. The Morgan fingerprint density at radius 2 is 2.13 bits per heavy atom. The van der Waals surface area contributed by atoms with Gasteiger partial charge >= 0.3 is 0 Å². The van der Waals surface area contributed by atoms with Gasteiger partial charge < -0.3 is 4.74 Å². The summed E-state index contributed by atoms with van der Waals surface area (Å²) in [6.07, 6.45) is 3.97. The molecule has 0 aliphatic heterocycles. The topological polar surface area (TPSA) is 35.0 Å². The van der Waals surface area contributed by atoms with Crippen molar-refractivity contribution in [3.63, 3.8) is 0 Å². The number of aryl methyl sites for hydroxylation is 1. The van der Waals surface area contributed by atoms with Gasteiger partial charge in [-0.15, -0.1) is 0 Å². The predicted octanol–water partition coefficient (Wildman–Crippen LogP) is 2.59. The van der Waals surface area contributed by atoms with E-state index in [1.54, 1.807) is 7.11 Å². The summed E-state index contributed by atoms with van der Waals surface area (Å²) in [6.45, 7) is 2.16. The molecule has 2 aromatic rings. The molecule has 0 aliphatic carbocycles. The van der Waals surface area contributed by atoms with Gasteiger partial charge in [0.1, 0.15) is 0 Å². The number of ether oxygens (including phenoxy) is 1. The van der Waals surface area contributed by atoms with Gasteiger partial charge in [-0.2, -0.15) is 0 Å². The third-order valence-corrected chi connectivity index (χ3v) is 2.37. The number of methoxy groups -OCH3 is 1. The maximum Gasteiger partial charge on any atom is 0.213 e. The Hall–Kier alpha value is -1.64. The molecule has 0 aliphatic rings. The quantitative estimate of drug-likeness (QED) is 0.767. The monoisotopic (exact) mass is 202 g/mol. The molecular formula is C12H14N2O. The summed E-state index contributed by atoms with van der Waals surface area (Å²) in [7, 11) is 1.63. The number of hydrogen-bond donors (Lipinski definition) is 0. The maximum absolute atomic E-state index is 5.12. The highest BCUT2D eigenvalue weighted by Crippen LogP contribution is 2.19. The fourth-order valence-electron chi connectivity index (χ4n) is 1.65. The largest absolute Gasteiger partial charge is 0.481 e.